The number of aryl methyl sites for hydroxylation is 2. The van der Waals surface area contributed by atoms with Crippen molar-refractivity contribution in [3.8, 4) is 17.3 Å². The van der Waals surface area contributed by atoms with Crippen LogP contribution in [0, 0.1) is 6.92 Å². The van der Waals surface area contributed by atoms with E-state index in [0.717, 1.165) is 40.8 Å². The molecule has 21 heavy (non-hydrogen) atoms. The number of methoxy groups -OCH3 is 1. The molecule has 0 radical (unpaired) electrons. The highest BCUT2D eigenvalue weighted by atomic mass is 32.2. The minimum Gasteiger partial charge on any atom is -0.481 e. The zero-order chi connectivity index (χ0) is 15.0. The van der Waals surface area contributed by atoms with E-state index in [1.54, 1.807) is 11.8 Å². The van der Waals surface area contributed by atoms with E-state index in [1.807, 2.05) is 25.7 Å². The maximum atomic E-state index is 5.47. The van der Waals surface area contributed by atoms with Gasteiger partial charge in [0, 0.05) is 30.7 Å². The molecule has 0 amide bonds. The van der Waals surface area contributed by atoms with Crippen LogP contribution < -0.4 is 10.1 Å². The number of fused-ring (bicyclic) bond motifs is 1. The number of anilines is 1. The SMILES string of the molecule is CCNc1nc(-c2c(C)nn(C)c2OC)nc2c1CSC2. The van der Waals surface area contributed by atoms with E-state index in [-0.39, 0.29) is 0 Å². The summed E-state index contributed by atoms with van der Waals surface area (Å²) in [5.41, 5.74) is 4.10. The van der Waals surface area contributed by atoms with Crippen LogP contribution in [0.15, 0.2) is 0 Å². The van der Waals surface area contributed by atoms with Crippen molar-refractivity contribution in [2.24, 2.45) is 7.05 Å². The molecule has 0 spiro atoms. The number of hydrogen-bond donors (Lipinski definition) is 1. The Hall–Kier alpha value is -1.76. The molecule has 3 heterocycles. The summed E-state index contributed by atoms with van der Waals surface area (Å²) in [5.74, 6) is 4.23. The van der Waals surface area contributed by atoms with Gasteiger partial charge in [0.15, 0.2) is 5.82 Å². The standard InChI is InChI=1S/C14H19N5OS/c1-5-15-12-9-6-21-7-10(9)16-13(17-12)11-8(2)18-19(3)14(11)20-4/h5-7H2,1-4H3,(H,15,16,17). The van der Waals surface area contributed by atoms with Crippen LogP contribution in [0.4, 0.5) is 5.82 Å². The maximum absolute atomic E-state index is 5.47. The number of nitrogens with zero attached hydrogens (tertiary/aromatic N) is 4. The maximum Gasteiger partial charge on any atom is 0.222 e. The largest absolute Gasteiger partial charge is 0.481 e. The number of nitrogens with one attached hydrogen (secondary N) is 1. The smallest absolute Gasteiger partial charge is 0.222 e. The van der Waals surface area contributed by atoms with Gasteiger partial charge in [-0.15, -0.1) is 0 Å². The summed E-state index contributed by atoms with van der Waals surface area (Å²) in [6.45, 7) is 4.87. The van der Waals surface area contributed by atoms with Crippen molar-refractivity contribution in [2.45, 2.75) is 25.4 Å². The Bertz CT molecular complexity index is 682. The Balaban J connectivity index is 2.17. The fourth-order valence-electron chi connectivity index (χ4n) is 2.61. The molecule has 1 aliphatic heterocycles. The first-order valence-corrected chi connectivity index (χ1v) is 8.10. The number of aromatic nitrogens is 4. The zero-order valence-corrected chi connectivity index (χ0v) is 13.5. The molecule has 3 rings (SSSR count). The third kappa shape index (κ3) is 2.35. The van der Waals surface area contributed by atoms with E-state index in [2.05, 4.69) is 17.3 Å². The molecule has 6 nitrogen and oxygen atoms in total. The topological polar surface area (TPSA) is 64.9 Å². The highest BCUT2D eigenvalue weighted by Crippen LogP contribution is 2.37. The second-order valence-electron chi connectivity index (χ2n) is 4.94. The van der Waals surface area contributed by atoms with Crippen LogP contribution in [0.25, 0.3) is 11.4 Å². The Morgan fingerprint density at radius 3 is 2.86 bits per heavy atom. The van der Waals surface area contributed by atoms with E-state index in [1.165, 1.54) is 5.56 Å². The van der Waals surface area contributed by atoms with Crippen LogP contribution in [0.1, 0.15) is 23.9 Å². The quantitative estimate of drug-likeness (QED) is 0.935. The van der Waals surface area contributed by atoms with Gasteiger partial charge in [-0.2, -0.15) is 16.9 Å². The van der Waals surface area contributed by atoms with E-state index in [9.17, 15) is 0 Å². The zero-order valence-electron chi connectivity index (χ0n) is 12.7. The van der Waals surface area contributed by atoms with Crippen LogP contribution in [0.3, 0.4) is 0 Å². The molecular formula is C14H19N5OS. The lowest BCUT2D eigenvalue weighted by molar-refractivity contribution is 0.374. The molecular weight excluding hydrogens is 286 g/mol. The summed E-state index contributed by atoms with van der Waals surface area (Å²) in [6, 6.07) is 0. The highest BCUT2D eigenvalue weighted by Gasteiger charge is 2.24. The van der Waals surface area contributed by atoms with Crippen LogP contribution >= 0.6 is 11.8 Å². The van der Waals surface area contributed by atoms with Crippen LogP contribution in [-0.4, -0.2) is 33.4 Å². The second-order valence-corrected chi connectivity index (χ2v) is 5.92. The van der Waals surface area contributed by atoms with Crippen molar-refractivity contribution in [1.29, 1.82) is 0 Å². The summed E-state index contributed by atoms with van der Waals surface area (Å²) in [7, 11) is 3.51. The summed E-state index contributed by atoms with van der Waals surface area (Å²) < 4.78 is 7.19. The first-order chi connectivity index (χ1) is 10.2. The first kappa shape index (κ1) is 14.2. The van der Waals surface area contributed by atoms with E-state index in [0.29, 0.717) is 11.7 Å². The second kappa shape index (κ2) is 5.55. The highest BCUT2D eigenvalue weighted by molar-refractivity contribution is 7.98. The third-order valence-electron chi connectivity index (χ3n) is 3.51. The number of thioether (sulfide) groups is 1. The Morgan fingerprint density at radius 2 is 2.14 bits per heavy atom. The molecule has 0 saturated carbocycles. The molecule has 112 valence electrons. The summed E-state index contributed by atoms with van der Waals surface area (Å²) in [4.78, 5) is 9.46. The van der Waals surface area contributed by atoms with Crippen LogP contribution in [0.5, 0.6) is 5.88 Å². The lowest BCUT2D eigenvalue weighted by Gasteiger charge is -2.11. The van der Waals surface area contributed by atoms with Gasteiger partial charge in [0.05, 0.1) is 18.5 Å². The fraction of sp³-hybridized carbons (Fsp3) is 0.500. The molecule has 1 N–H and O–H groups in total. The molecule has 0 aromatic carbocycles. The van der Waals surface area contributed by atoms with Crippen molar-refractivity contribution in [3.63, 3.8) is 0 Å². The molecule has 0 unspecified atom stereocenters. The normalized spacial score (nSPS) is 13.3. The number of ether oxygens (including phenoxy) is 1. The fourth-order valence-corrected chi connectivity index (χ4v) is 3.65. The third-order valence-corrected chi connectivity index (χ3v) is 4.48. The van der Waals surface area contributed by atoms with Crippen molar-refractivity contribution >= 4 is 17.6 Å². The molecule has 2 aromatic rings. The predicted molar refractivity (Wildman–Crippen MR) is 84.7 cm³/mol. The van der Waals surface area contributed by atoms with Gasteiger partial charge in [-0.25, -0.2) is 14.6 Å². The number of rotatable bonds is 4. The minimum absolute atomic E-state index is 0.689. The minimum atomic E-state index is 0.689. The van der Waals surface area contributed by atoms with Gasteiger partial charge >= 0.3 is 0 Å². The van der Waals surface area contributed by atoms with Crippen molar-refractivity contribution in [2.75, 3.05) is 19.0 Å². The molecule has 0 bridgehead atoms. The molecule has 1 aliphatic rings. The van der Waals surface area contributed by atoms with E-state index in [4.69, 9.17) is 14.7 Å². The Labute approximate surface area is 128 Å². The summed E-state index contributed by atoms with van der Waals surface area (Å²) in [5, 5.41) is 7.76. The van der Waals surface area contributed by atoms with Gasteiger partial charge < -0.3 is 10.1 Å². The van der Waals surface area contributed by atoms with E-state index < -0.39 is 0 Å². The molecule has 2 aromatic heterocycles. The molecule has 0 saturated heterocycles. The average molecular weight is 305 g/mol. The first-order valence-electron chi connectivity index (χ1n) is 6.95. The predicted octanol–water partition coefficient (Wildman–Crippen LogP) is 2.37. The van der Waals surface area contributed by atoms with Crippen LogP contribution in [0.2, 0.25) is 0 Å². The van der Waals surface area contributed by atoms with Gasteiger partial charge in [-0.05, 0) is 13.8 Å². The van der Waals surface area contributed by atoms with Gasteiger partial charge in [0.1, 0.15) is 11.4 Å². The van der Waals surface area contributed by atoms with Crippen LogP contribution in [-0.2, 0) is 18.6 Å². The summed E-state index contributed by atoms with van der Waals surface area (Å²) >= 11 is 1.87. The van der Waals surface area contributed by atoms with Gasteiger partial charge in [0.25, 0.3) is 0 Å². The van der Waals surface area contributed by atoms with Gasteiger partial charge in [0.2, 0.25) is 5.88 Å². The molecule has 0 atom stereocenters. The Kier molecular flexibility index (Phi) is 3.75. The molecule has 0 fully saturated rings. The summed E-state index contributed by atoms with van der Waals surface area (Å²) in [6.07, 6.45) is 0. The lowest BCUT2D eigenvalue weighted by atomic mass is 10.2. The van der Waals surface area contributed by atoms with Crippen molar-refractivity contribution in [3.05, 3.63) is 17.0 Å². The van der Waals surface area contributed by atoms with Gasteiger partial charge in [-0.3, -0.25) is 0 Å². The Morgan fingerprint density at radius 1 is 1.33 bits per heavy atom. The van der Waals surface area contributed by atoms with Crippen molar-refractivity contribution in [1.82, 2.24) is 19.7 Å². The van der Waals surface area contributed by atoms with Gasteiger partial charge in [-0.1, -0.05) is 0 Å². The molecule has 0 aliphatic carbocycles. The monoisotopic (exact) mass is 305 g/mol. The van der Waals surface area contributed by atoms with E-state index >= 15 is 0 Å². The molecule has 7 heteroatoms. The average Bonchev–Trinajstić information content (AvgIpc) is 3.02. The lowest BCUT2D eigenvalue weighted by Crippen LogP contribution is -2.07. The van der Waals surface area contributed by atoms with Crippen molar-refractivity contribution < 1.29 is 4.74 Å². The number of hydrogen-bond acceptors (Lipinski definition) is 6.